The second-order valence-corrected chi connectivity index (χ2v) is 8.02. The minimum Gasteiger partial charge on any atom is -0.354 e. The van der Waals surface area contributed by atoms with Crippen molar-refractivity contribution in [3.05, 3.63) is 75.3 Å². The van der Waals surface area contributed by atoms with Crippen molar-refractivity contribution in [1.29, 1.82) is 0 Å². The second kappa shape index (κ2) is 9.17. The first-order valence-corrected chi connectivity index (χ1v) is 11.3. The molecule has 0 aliphatic carbocycles. The lowest BCUT2D eigenvalue weighted by molar-refractivity contribution is -0.124. The van der Waals surface area contributed by atoms with E-state index in [1.165, 1.54) is 0 Å². The standard InChI is InChI=1S/C21H22N6O3S/c1-31-13-10-16(27-20(29)14-6-2-3-7-15(14)23-21(27)30)19(28)22-11-9-18-25-24-17-8-4-5-12-26(17)18/h2-8,12,16H,9-11,13H2,1H3,(H,22,28)(H,23,30)/t16-/m0/s1. The van der Waals surface area contributed by atoms with Crippen LogP contribution in [-0.4, -0.2) is 48.6 Å². The molecule has 1 aromatic carbocycles. The number of rotatable bonds is 8. The number of aromatic nitrogens is 5. The van der Waals surface area contributed by atoms with Crippen molar-refractivity contribution in [3.63, 3.8) is 0 Å². The third kappa shape index (κ3) is 4.24. The van der Waals surface area contributed by atoms with Crippen molar-refractivity contribution < 1.29 is 4.79 Å². The summed E-state index contributed by atoms with van der Waals surface area (Å²) in [6.07, 6.45) is 4.61. The van der Waals surface area contributed by atoms with Gasteiger partial charge in [-0.2, -0.15) is 11.8 Å². The normalized spacial score (nSPS) is 12.3. The first-order valence-electron chi connectivity index (χ1n) is 9.89. The molecule has 160 valence electrons. The number of aromatic amines is 1. The van der Waals surface area contributed by atoms with Gasteiger partial charge in [0.1, 0.15) is 11.9 Å². The van der Waals surface area contributed by atoms with Crippen LogP contribution in [0.5, 0.6) is 0 Å². The molecule has 0 aliphatic rings. The highest BCUT2D eigenvalue weighted by Crippen LogP contribution is 2.13. The van der Waals surface area contributed by atoms with Gasteiger partial charge in [0.2, 0.25) is 5.91 Å². The molecule has 0 radical (unpaired) electrons. The zero-order valence-corrected chi connectivity index (χ0v) is 17.8. The molecule has 10 heteroatoms. The van der Waals surface area contributed by atoms with E-state index < -0.39 is 17.3 Å². The van der Waals surface area contributed by atoms with Crippen LogP contribution in [0, 0.1) is 0 Å². The molecule has 4 rings (SSSR count). The van der Waals surface area contributed by atoms with E-state index in [4.69, 9.17) is 0 Å². The number of hydrogen-bond donors (Lipinski definition) is 2. The highest BCUT2D eigenvalue weighted by Gasteiger charge is 2.24. The Bertz CT molecular complexity index is 1340. The number of carbonyl (C=O) groups is 1. The number of thioether (sulfide) groups is 1. The highest BCUT2D eigenvalue weighted by atomic mass is 32.2. The molecule has 0 bridgehead atoms. The monoisotopic (exact) mass is 438 g/mol. The molecule has 9 nitrogen and oxygen atoms in total. The fourth-order valence-corrected chi connectivity index (χ4v) is 4.00. The number of carbonyl (C=O) groups excluding carboxylic acids is 1. The Kier molecular flexibility index (Phi) is 6.17. The summed E-state index contributed by atoms with van der Waals surface area (Å²) >= 11 is 1.55. The van der Waals surface area contributed by atoms with Crippen molar-refractivity contribution >= 4 is 34.2 Å². The van der Waals surface area contributed by atoms with E-state index in [1.54, 1.807) is 36.0 Å². The SMILES string of the molecule is CSCC[C@@H](C(=O)NCCc1nnc2ccccn12)n1c(=O)[nH]c2ccccc2c1=O. The zero-order chi connectivity index (χ0) is 21.8. The summed E-state index contributed by atoms with van der Waals surface area (Å²) in [6.45, 7) is 0.310. The Hall–Kier alpha value is -3.40. The number of hydrogen-bond acceptors (Lipinski definition) is 6. The number of para-hydroxylation sites is 1. The third-order valence-corrected chi connectivity index (χ3v) is 5.72. The third-order valence-electron chi connectivity index (χ3n) is 5.08. The maximum atomic E-state index is 13.0. The van der Waals surface area contributed by atoms with Crippen LogP contribution in [0.25, 0.3) is 16.6 Å². The summed E-state index contributed by atoms with van der Waals surface area (Å²) in [4.78, 5) is 41.4. The second-order valence-electron chi connectivity index (χ2n) is 7.03. The zero-order valence-electron chi connectivity index (χ0n) is 16.9. The molecule has 0 spiro atoms. The van der Waals surface area contributed by atoms with Gasteiger partial charge in [-0.1, -0.05) is 18.2 Å². The number of nitrogens with one attached hydrogen (secondary N) is 2. The van der Waals surface area contributed by atoms with E-state index in [9.17, 15) is 14.4 Å². The lowest BCUT2D eigenvalue weighted by Gasteiger charge is -2.18. The number of fused-ring (bicyclic) bond motifs is 2. The number of amides is 1. The van der Waals surface area contributed by atoms with Crippen LogP contribution in [0.4, 0.5) is 0 Å². The molecule has 31 heavy (non-hydrogen) atoms. The van der Waals surface area contributed by atoms with Crippen LogP contribution in [0.15, 0.2) is 58.3 Å². The Morgan fingerprint density at radius 2 is 1.97 bits per heavy atom. The lowest BCUT2D eigenvalue weighted by atomic mass is 10.2. The largest absolute Gasteiger partial charge is 0.354 e. The molecule has 0 fully saturated rings. The average molecular weight is 439 g/mol. The first-order chi connectivity index (χ1) is 15.1. The van der Waals surface area contributed by atoms with Crippen LogP contribution in [0.1, 0.15) is 18.3 Å². The van der Waals surface area contributed by atoms with Gasteiger partial charge in [-0.3, -0.25) is 14.0 Å². The Labute approximate surface area is 181 Å². The maximum absolute atomic E-state index is 13.0. The average Bonchev–Trinajstić information content (AvgIpc) is 3.19. The van der Waals surface area contributed by atoms with Gasteiger partial charge in [0.25, 0.3) is 5.56 Å². The maximum Gasteiger partial charge on any atom is 0.329 e. The van der Waals surface area contributed by atoms with Crippen LogP contribution in [0.2, 0.25) is 0 Å². The molecule has 0 unspecified atom stereocenters. The summed E-state index contributed by atoms with van der Waals surface area (Å²) < 4.78 is 2.89. The molecule has 4 aromatic rings. The molecule has 1 amide bonds. The van der Waals surface area contributed by atoms with Crippen molar-refractivity contribution in [2.75, 3.05) is 18.6 Å². The van der Waals surface area contributed by atoms with Gasteiger partial charge in [0.15, 0.2) is 5.65 Å². The molecular formula is C21H22N6O3S. The predicted octanol–water partition coefficient (Wildman–Crippen LogP) is 1.39. The lowest BCUT2D eigenvalue weighted by Crippen LogP contribution is -2.45. The fourth-order valence-electron chi connectivity index (χ4n) is 3.54. The van der Waals surface area contributed by atoms with Gasteiger partial charge < -0.3 is 10.3 Å². The summed E-state index contributed by atoms with van der Waals surface area (Å²) in [6, 6.07) is 11.5. The van der Waals surface area contributed by atoms with E-state index in [1.807, 2.05) is 35.1 Å². The highest BCUT2D eigenvalue weighted by molar-refractivity contribution is 7.98. The Morgan fingerprint density at radius 3 is 2.81 bits per heavy atom. The van der Waals surface area contributed by atoms with Crippen molar-refractivity contribution in [2.45, 2.75) is 18.9 Å². The van der Waals surface area contributed by atoms with E-state index in [-0.39, 0.29) is 5.91 Å². The van der Waals surface area contributed by atoms with Crippen LogP contribution < -0.4 is 16.6 Å². The molecule has 0 aliphatic heterocycles. The van der Waals surface area contributed by atoms with Gasteiger partial charge in [-0.25, -0.2) is 9.36 Å². The quantitative estimate of drug-likeness (QED) is 0.430. The minimum absolute atomic E-state index is 0.310. The van der Waals surface area contributed by atoms with Gasteiger partial charge in [0.05, 0.1) is 10.9 Å². The van der Waals surface area contributed by atoms with Crippen molar-refractivity contribution in [1.82, 2.24) is 29.5 Å². The minimum atomic E-state index is -0.900. The van der Waals surface area contributed by atoms with Crippen LogP contribution >= 0.6 is 11.8 Å². The Balaban J connectivity index is 1.56. The van der Waals surface area contributed by atoms with Crippen molar-refractivity contribution in [3.8, 4) is 0 Å². The summed E-state index contributed by atoms with van der Waals surface area (Å²) in [7, 11) is 0. The van der Waals surface area contributed by atoms with E-state index in [0.29, 0.717) is 36.0 Å². The molecule has 3 aromatic heterocycles. The topological polar surface area (TPSA) is 114 Å². The first kappa shape index (κ1) is 20.9. The van der Waals surface area contributed by atoms with Gasteiger partial charge in [-0.15, -0.1) is 10.2 Å². The summed E-state index contributed by atoms with van der Waals surface area (Å²) in [5.74, 6) is 0.981. The predicted molar refractivity (Wildman–Crippen MR) is 121 cm³/mol. The van der Waals surface area contributed by atoms with Gasteiger partial charge in [0, 0.05) is 19.2 Å². The molecule has 1 atom stereocenters. The molecule has 2 N–H and O–H groups in total. The van der Waals surface area contributed by atoms with Crippen LogP contribution in [0.3, 0.4) is 0 Å². The van der Waals surface area contributed by atoms with E-state index in [2.05, 4.69) is 20.5 Å². The molecule has 3 heterocycles. The number of benzene rings is 1. The van der Waals surface area contributed by atoms with Crippen LogP contribution in [-0.2, 0) is 11.2 Å². The number of nitrogens with zero attached hydrogens (tertiary/aromatic N) is 4. The van der Waals surface area contributed by atoms with Gasteiger partial charge >= 0.3 is 5.69 Å². The van der Waals surface area contributed by atoms with E-state index in [0.717, 1.165) is 16.0 Å². The van der Waals surface area contributed by atoms with Crippen molar-refractivity contribution in [2.24, 2.45) is 0 Å². The smallest absolute Gasteiger partial charge is 0.329 e. The van der Waals surface area contributed by atoms with Gasteiger partial charge in [-0.05, 0) is 42.7 Å². The molecular weight excluding hydrogens is 416 g/mol. The number of pyridine rings is 1. The van der Waals surface area contributed by atoms with E-state index >= 15 is 0 Å². The Morgan fingerprint density at radius 1 is 1.16 bits per heavy atom. The fraction of sp³-hybridized carbons (Fsp3) is 0.286. The summed E-state index contributed by atoms with van der Waals surface area (Å²) in [5.41, 5.74) is 0.129. The molecule has 0 saturated carbocycles. The number of H-pyrrole nitrogens is 1. The summed E-state index contributed by atoms with van der Waals surface area (Å²) in [5, 5.41) is 11.5. The molecule has 0 saturated heterocycles.